The lowest BCUT2D eigenvalue weighted by atomic mass is 9.99. The van der Waals surface area contributed by atoms with E-state index in [2.05, 4.69) is 5.10 Å². The Morgan fingerprint density at radius 1 is 1.22 bits per heavy atom. The number of nitrogens with zero attached hydrogens (tertiary/aromatic N) is 2. The highest BCUT2D eigenvalue weighted by molar-refractivity contribution is 6.05. The van der Waals surface area contributed by atoms with Gasteiger partial charge in [-0.2, -0.15) is 23.3 Å². The number of benzene rings is 2. The minimum Gasteiger partial charge on any atom is -0.362 e. The summed E-state index contributed by atoms with van der Waals surface area (Å²) in [5, 5.41) is 14.0. The molecule has 1 aliphatic rings. The van der Waals surface area contributed by atoms with Crippen molar-refractivity contribution in [2.24, 2.45) is 5.10 Å². The molecule has 0 unspecified atom stereocenters. The van der Waals surface area contributed by atoms with E-state index in [9.17, 15) is 27.5 Å². The molecule has 2 aromatic carbocycles. The van der Waals surface area contributed by atoms with Crippen LogP contribution in [0.25, 0.3) is 0 Å². The van der Waals surface area contributed by atoms with Gasteiger partial charge < -0.3 is 5.11 Å². The lowest BCUT2D eigenvalue weighted by molar-refractivity contribution is -0.297. The molecule has 1 atom stereocenters. The van der Waals surface area contributed by atoms with E-state index >= 15 is 0 Å². The van der Waals surface area contributed by atoms with Crippen LogP contribution in [0.3, 0.4) is 0 Å². The number of rotatable bonds is 3. The monoisotopic (exact) mass is 380 g/mol. The summed E-state index contributed by atoms with van der Waals surface area (Å²) >= 11 is 0. The Kier molecular flexibility index (Phi) is 4.77. The first-order valence-corrected chi connectivity index (χ1v) is 8.21. The van der Waals surface area contributed by atoms with E-state index in [0.29, 0.717) is 5.56 Å². The first-order chi connectivity index (χ1) is 12.7. The van der Waals surface area contributed by atoms with Crippen molar-refractivity contribution in [2.45, 2.75) is 31.7 Å². The van der Waals surface area contributed by atoms with Gasteiger partial charge in [-0.25, -0.2) is 4.39 Å². The fourth-order valence-electron chi connectivity index (χ4n) is 2.82. The lowest BCUT2D eigenvalue weighted by Gasteiger charge is -2.32. The number of hydrazone groups is 1. The smallest absolute Gasteiger partial charge is 0.362 e. The number of hydrogen-bond donors (Lipinski definition) is 1. The number of carbonyl (C=O) groups excluding carboxylic acids is 1. The summed E-state index contributed by atoms with van der Waals surface area (Å²) < 4.78 is 54.1. The SMILES string of the molecule is CCc1ccc(C2=NN(C(=O)c3cccc(F)c3)[C@@](O)(C(F)(F)F)C2)cc1. The predicted molar refractivity (Wildman–Crippen MR) is 90.5 cm³/mol. The van der Waals surface area contributed by atoms with Crippen molar-refractivity contribution in [3.05, 3.63) is 71.0 Å². The highest BCUT2D eigenvalue weighted by Gasteiger charge is 2.63. The zero-order valence-corrected chi connectivity index (χ0v) is 14.3. The Balaban J connectivity index is 2.03. The molecule has 3 rings (SSSR count). The van der Waals surface area contributed by atoms with Gasteiger partial charge in [0, 0.05) is 5.56 Å². The van der Waals surface area contributed by atoms with E-state index < -0.39 is 30.0 Å². The van der Waals surface area contributed by atoms with Crippen LogP contribution in [0.2, 0.25) is 0 Å². The minimum atomic E-state index is -5.15. The normalized spacial score (nSPS) is 19.9. The summed E-state index contributed by atoms with van der Waals surface area (Å²) in [5.74, 6) is -2.02. The molecule has 0 radical (unpaired) electrons. The zero-order chi connectivity index (χ0) is 19.8. The van der Waals surface area contributed by atoms with Gasteiger partial charge in [0.2, 0.25) is 0 Å². The van der Waals surface area contributed by atoms with Crippen molar-refractivity contribution < 1.29 is 27.5 Å². The van der Waals surface area contributed by atoms with E-state index in [0.717, 1.165) is 30.2 Å². The molecular formula is C19H16F4N2O2. The van der Waals surface area contributed by atoms with Crippen molar-refractivity contribution in [2.75, 3.05) is 0 Å². The third-order valence-corrected chi connectivity index (χ3v) is 4.40. The summed E-state index contributed by atoms with van der Waals surface area (Å²) in [6, 6.07) is 10.9. The fraction of sp³-hybridized carbons (Fsp3) is 0.263. The topological polar surface area (TPSA) is 52.9 Å². The Bertz CT molecular complexity index is 893. The quantitative estimate of drug-likeness (QED) is 0.822. The van der Waals surface area contributed by atoms with Gasteiger partial charge >= 0.3 is 6.18 Å². The Morgan fingerprint density at radius 2 is 1.89 bits per heavy atom. The van der Waals surface area contributed by atoms with Crippen LogP contribution in [-0.4, -0.2) is 33.6 Å². The number of aryl methyl sites for hydroxylation is 1. The molecule has 8 heteroatoms. The highest BCUT2D eigenvalue weighted by atomic mass is 19.4. The van der Waals surface area contributed by atoms with Crippen molar-refractivity contribution in [3.63, 3.8) is 0 Å². The zero-order valence-electron chi connectivity index (χ0n) is 14.3. The second-order valence-corrected chi connectivity index (χ2v) is 6.22. The van der Waals surface area contributed by atoms with Crippen LogP contribution in [-0.2, 0) is 6.42 Å². The van der Waals surface area contributed by atoms with E-state index in [1.165, 1.54) is 6.07 Å². The maximum Gasteiger partial charge on any atom is 0.438 e. The van der Waals surface area contributed by atoms with E-state index in [4.69, 9.17) is 0 Å². The van der Waals surface area contributed by atoms with Crippen LogP contribution < -0.4 is 0 Å². The largest absolute Gasteiger partial charge is 0.438 e. The Morgan fingerprint density at radius 3 is 2.44 bits per heavy atom. The Labute approximate surface area is 152 Å². The van der Waals surface area contributed by atoms with Crippen LogP contribution in [0.1, 0.15) is 34.8 Å². The Hall–Kier alpha value is -2.74. The molecule has 4 nitrogen and oxygen atoms in total. The molecule has 0 saturated carbocycles. The molecule has 1 N–H and O–H groups in total. The average molecular weight is 380 g/mol. The van der Waals surface area contributed by atoms with Crippen LogP contribution >= 0.6 is 0 Å². The summed E-state index contributed by atoms with van der Waals surface area (Å²) in [4.78, 5) is 12.5. The van der Waals surface area contributed by atoms with Gasteiger partial charge in [-0.15, -0.1) is 0 Å². The van der Waals surface area contributed by atoms with Crippen LogP contribution in [0.15, 0.2) is 53.6 Å². The molecule has 1 amide bonds. The van der Waals surface area contributed by atoms with Gasteiger partial charge in [0.15, 0.2) is 0 Å². The molecule has 0 fully saturated rings. The maximum atomic E-state index is 13.6. The highest BCUT2D eigenvalue weighted by Crippen LogP contribution is 2.42. The number of amides is 1. The van der Waals surface area contributed by atoms with Crippen LogP contribution in [0, 0.1) is 5.82 Å². The van der Waals surface area contributed by atoms with E-state index in [1.807, 2.05) is 6.92 Å². The van der Waals surface area contributed by atoms with Gasteiger partial charge in [-0.05, 0) is 35.7 Å². The minimum absolute atomic E-state index is 0.00909. The predicted octanol–water partition coefficient (Wildman–Crippen LogP) is 3.89. The van der Waals surface area contributed by atoms with Crippen LogP contribution in [0.4, 0.5) is 17.6 Å². The van der Waals surface area contributed by atoms with Gasteiger partial charge in [0.05, 0.1) is 12.1 Å². The standard InChI is InChI=1S/C19H16F4N2O2/c1-2-12-6-8-13(9-7-12)16-11-18(27,19(21,22)23)25(24-16)17(26)14-4-3-5-15(20)10-14/h3-10,27H,2,11H2,1H3/t18-/m0/s1. The molecule has 142 valence electrons. The third-order valence-electron chi connectivity index (χ3n) is 4.40. The molecule has 27 heavy (non-hydrogen) atoms. The summed E-state index contributed by atoms with van der Waals surface area (Å²) in [6.45, 7) is 1.93. The van der Waals surface area contributed by atoms with E-state index in [-0.39, 0.29) is 16.3 Å². The summed E-state index contributed by atoms with van der Waals surface area (Å²) in [6.07, 6.45) is -5.31. The molecule has 0 saturated heterocycles. The molecular weight excluding hydrogens is 364 g/mol. The van der Waals surface area contributed by atoms with Crippen molar-refractivity contribution in [1.82, 2.24) is 5.01 Å². The molecule has 2 aromatic rings. The number of aliphatic hydroxyl groups is 1. The van der Waals surface area contributed by atoms with E-state index in [1.54, 1.807) is 24.3 Å². The first kappa shape index (κ1) is 19.0. The van der Waals surface area contributed by atoms with Gasteiger partial charge in [-0.1, -0.05) is 37.3 Å². The van der Waals surface area contributed by atoms with Gasteiger partial charge in [0.25, 0.3) is 11.6 Å². The fourth-order valence-corrected chi connectivity index (χ4v) is 2.82. The number of hydrogen-bond acceptors (Lipinski definition) is 3. The first-order valence-electron chi connectivity index (χ1n) is 8.21. The molecule has 1 aliphatic heterocycles. The number of halogens is 4. The van der Waals surface area contributed by atoms with Crippen molar-refractivity contribution in [3.8, 4) is 0 Å². The van der Waals surface area contributed by atoms with Gasteiger partial charge in [-0.3, -0.25) is 4.79 Å². The number of alkyl halides is 3. The average Bonchev–Trinajstić information content (AvgIpc) is 3.00. The second kappa shape index (κ2) is 6.77. The lowest BCUT2D eigenvalue weighted by Crippen LogP contribution is -2.56. The summed E-state index contributed by atoms with van der Waals surface area (Å²) in [5.41, 5.74) is -2.58. The molecule has 1 heterocycles. The van der Waals surface area contributed by atoms with Crippen molar-refractivity contribution in [1.29, 1.82) is 0 Å². The molecule has 0 aromatic heterocycles. The maximum absolute atomic E-state index is 13.6. The molecule has 0 bridgehead atoms. The van der Waals surface area contributed by atoms with Crippen molar-refractivity contribution >= 4 is 11.6 Å². The molecule has 0 aliphatic carbocycles. The number of carbonyl (C=O) groups is 1. The molecule has 0 spiro atoms. The third kappa shape index (κ3) is 3.44. The van der Waals surface area contributed by atoms with Gasteiger partial charge in [0.1, 0.15) is 5.82 Å². The van der Waals surface area contributed by atoms with Crippen LogP contribution in [0.5, 0.6) is 0 Å². The summed E-state index contributed by atoms with van der Waals surface area (Å²) in [7, 11) is 0. The second-order valence-electron chi connectivity index (χ2n) is 6.22.